The van der Waals surface area contributed by atoms with E-state index in [-0.39, 0.29) is 11.0 Å². The Balaban J connectivity index is 2.06. The van der Waals surface area contributed by atoms with E-state index >= 15 is 0 Å². The Morgan fingerprint density at radius 2 is 2.00 bits per heavy atom. The molecule has 1 saturated heterocycles. The number of β-amino-alcohol motifs (C(OH)–C–C–N with tert-alkyl or cyclic N) is 1. The van der Waals surface area contributed by atoms with E-state index in [1.54, 1.807) is 18.3 Å². The predicted molar refractivity (Wildman–Crippen MR) is 82.3 cm³/mol. The summed E-state index contributed by atoms with van der Waals surface area (Å²) in [5.74, 6) is 0.538. The van der Waals surface area contributed by atoms with Gasteiger partial charge in [-0.05, 0) is 18.6 Å². The van der Waals surface area contributed by atoms with Crippen LogP contribution in [0.5, 0.6) is 0 Å². The molecule has 1 aromatic heterocycles. The third-order valence-corrected chi connectivity index (χ3v) is 4.88. The molecule has 2 rings (SSSR count). The summed E-state index contributed by atoms with van der Waals surface area (Å²) in [7, 11) is -3.28. The van der Waals surface area contributed by atoms with E-state index in [2.05, 4.69) is 9.88 Å². The summed E-state index contributed by atoms with van der Waals surface area (Å²) in [6.07, 6.45) is 3.29. The lowest BCUT2D eigenvalue weighted by molar-refractivity contribution is 0.106. The standard InChI is InChI=1S/C14H23N3O3S/c1-3-12(18)11-16-7-9-17(10-8-16)14-13(21(2,19)20)5-4-6-15-14/h4-6,12,18H,3,7-11H2,1-2H3. The number of nitrogens with zero attached hydrogens (tertiary/aromatic N) is 3. The molecule has 1 aromatic rings. The van der Waals surface area contributed by atoms with Gasteiger partial charge < -0.3 is 10.0 Å². The van der Waals surface area contributed by atoms with Crippen molar-refractivity contribution in [3.63, 3.8) is 0 Å². The third kappa shape index (κ3) is 4.15. The van der Waals surface area contributed by atoms with Crippen LogP contribution in [0, 0.1) is 0 Å². The predicted octanol–water partition coefficient (Wildman–Crippen LogP) is 0.378. The zero-order valence-corrected chi connectivity index (χ0v) is 13.4. The Kier molecular flexibility index (Phi) is 5.18. The molecular weight excluding hydrogens is 290 g/mol. The minimum absolute atomic E-state index is 0.284. The lowest BCUT2D eigenvalue weighted by Gasteiger charge is -2.36. The van der Waals surface area contributed by atoms with E-state index in [0.717, 1.165) is 32.6 Å². The van der Waals surface area contributed by atoms with Gasteiger partial charge >= 0.3 is 0 Å². The molecule has 118 valence electrons. The molecule has 1 unspecified atom stereocenters. The van der Waals surface area contributed by atoms with Gasteiger partial charge in [-0.1, -0.05) is 6.92 Å². The molecular formula is C14H23N3O3S. The number of rotatable bonds is 5. The van der Waals surface area contributed by atoms with Crippen molar-refractivity contribution in [2.75, 3.05) is 43.9 Å². The van der Waals surface area contributed by atoms with Crippen LogP contribution in [-0.4, -0.2) is 68.5 Å². The summed E-state index contributed by atoms with van der Waals surface area (Å²) in [4.78, 5) is 8.74. The largest absolute Gasteiger partial charge is 0.392 e. The quantitative estimate of drug-likeness (QED) is 0.847. The van der Waals surface area contributed by atoms with Crippen molar-refractivity contribution in [2.24, 2.45) is 0 Å². The van der Waals surface area contributed by atoms with E-state index in [9.17, 15) is 13.5 Å². The van der Waals surface area contributed by atoms with Crippen LogP contribution >= 0.6 is 0 Å². The summed E-state index contributed by atoms with van der Waals surface area (Å²) in [6, 6.07) is 3.25. The van der Waals surface area contributed by atoms with E-state index in [1.807, 2.05) is 11.8 Å². The van der Waals surface area contributed by atoms with Crippen molar-refractivity contribution in [3.05, 3.63) is 18.3 Å². The van der Waals surface area contributed by atoms with Gasteiger partial charge in [0.2, 0.25) is 0 Å². The maximum atomic E-state index is 11.8. The highest BCUT2D eigenvalue weighted by Gasteiger charge is 2.24. The molecule has 1 fully saturated rings. The van der Waals surface area contributed by atoms with Crippen molar-refractivity contribution in [2.45, 2.75) is 24.3 Å². The Morgan fingerprint density at radius 1 is 1.33 bits per heavy atom. The normalized spacial score (nSPS) is 18.7. The third-order valence-electron chi connectivity index (χ3n) is 3.76. The zero-order chi connectivity index (χ0) is 15.5. The number of aliphatic hydroxyl groups is 1. The summed E-state index contributed by atoms with van der Waals surface area (Å²) in [5, 5.41) is 9.70. The molecule has 2 heterocycles. The van der Waals surface area contributed by atoms with Gasteiger partial charge in [-0.3, -0.25) is 4.90 Å². The van der Waals surface area contributed by atoms with Gasteiger partial charge in [-0.15, -0.1) is 0 Å². The van der Waals surface area contributed by atoms with Crippen LogP contribution in [0.4, 0.5) is 5.82 Å². The Hall–Kier alpha value is -1.18. The van der Waals surface area contributed by atoms with Crippen molar-refractivity contribution >= 4 is 15.7 Å². The fourth-order valence-electron chi connectivity index (χ4n) is 2.48. The first-order valence-electron chi connectivity index (χ1n) is 7.22. The first-order valence-corrected chi connectivity index (χ1v) is 9.11. The average Bonchev–Trinajstić information content (AvgIpc) is 2.47. The summed E-state index contributed by atoms with van der Waals surface area (Å²) >= 11 is 0. The molecule has 1 N–H and O–H groups in total. The molecule has 6 nitrogen and oxygen atoms in total. The van der Waals surface area contributed by atoms with Crippen LogP contribution in [-0.2, 0) is 9.84 Å². The first-order chi connectivity index (χ1) is 9.91. The van der Waals surface area contributed by atoms with Crippen LogP contribution in [0.2, 0.25) is 0 Å². The molecule has 21 heavy (non-hydrogen) atoms. The highest BCUT2D eigenvalue weighted by atomic mass is 32.2. The fraction of sp³-hybridized carbons (Fsp3) is 0.643. The van der Waals surface area contributed by atoms with Crippen molar-refractivity contribution in [3.8, 4) is 0 Å². The van der Waals surface area contributed by atoms with E-state index in [4.69, 9.17) is 0 Å². The molecule has 7 heteroatoms. The van der Waals surface area contributed by atoms with Crippen molar-refractivity contribution < 1.29 is 13.5 Å². The van der Waals surface area contributed by atoms with Gasteiger partial charge in [-0.25, -0.2) is 13.4 Å². The minimum Gasteiger partial charge on any atom is -0.392 e. The Labute approximate surface area is 126 Å². The van der Waals surface area contributed by atoms with Crippen LogP contribution in [0.15, 0.2) is 23.2 Å². The molecule has 0 aliphatic carbocycles. The van der Waals surface area contributed by atoms with Crippen LogP contribution in [0.3, 0.4) is 0 Å². The van der Waals surface area contributed by atoms with E-state index in [1.165, 1.54) is 6.26 Å². The van der Waals surface area contributed by atoms with Gasteiger partial charge in [0.05, 0.1) is 6.10 Å². The second-order valence-electron chi connectivity index (χ2n) is 5.45. The van der Waals surface area contributed by atoms with Gasteiger partial charge in [0.15, 0.2) is 9.84 Å². The second-order valence-corrected chi connectivity index (χ2v) is 7.43. The van der Waals surface area contributed by atoms with Gasteiger partial charge in [0, 0.05) is 45.2 Å². The van der Waals surface area contributed by atoms with Gasteiger partial charge in [0.1, 0.15) is 10.7 Å². The van der Waals surface area contributed by atoms with Gasteiger partial charge in [-0.2, -0.15) is 0 Å². The first kappa shape index (κ1) is 16.2. The molecule has 0 radical (unpaired) electrons. The SMILES string of the molecule is CCC(O)CN1CCN(c2ncccc2S(C)(=O)=O)CC1. The highest BCUT2D eigenvalue weighted by Crippen LogP contribution is 2.23. The molecule has 0 spiro atoms. The number of hydrogen-bond acceptors (Lipinski definition) is 6. The Bertz CT molecular complexity index is 569. The van der Waals surface area contributed by atoms with Crippen molar-refractivity contribution in [1.29, 1.82) is 0 Å². The summed E-state index contributed by atoms with van der Waals surface area (Å²) in [6.45, 7) is 5.68. The number of anilines is 1. The lowest BCUT2D eigenvalue weighted by atomic mass is 10.2. The average molecular weight is 313 g/mol. The topological polar surface area (TPSA) is 73.7 Å². The number of aliphatic hydroxyl groups excluding tert-OH is 1. The highest BCUT2D eigenvalue weighted by molar-refractivity contribution is 7.90. The number of piperazine rings is 1. The molecule has 1 atom stereocenters. The van der Waals surface area contributed by atoms with E-state index in [0.29, 0.717) is 12.4 Å². The molecule has 0 saturated carbocycles. The van der Waals surface area contributed by atoms with Crippen molar-refractivity contribution in [1.82, 2.24) is 9.88 Å². The number of aromatic nitrogens is 1. The number of pyridine rings is 1. The fourth-order valence-corrected chi connectivity index (χ4v) is 3.32. The summed E-state index contributed by atoms with van der Waals surface area (Å²) in [5.41, 5.74) is 0. The molecule has 0 aromatic carbocycles. The second kappa shape index (κ2) is 6.72. The van der Waals surface area contributed by atoms with Crippen LogP contribution < -0.4 is 4.90 Å². The Morgan fingerprint density at radius 3 is 2.57 bits per heavy atom. The minimum atomic E-state index is -3.28. The van der Waals surface area contributed by atoms with Gasteiger partial charge in [0.25, 0.3) is 0 Å². The van der Waals surface area contributed by atoms with E-state index < -0.39 is 9.84 Å². The number of hydrogen-bond donors (Lipinski definition) is 1. The van der Waals surface area contributed by atoms with Crippen LogP contribution in [0.25, 0.3) is 0 Å². The maximum absolute atomic E-state index is 11.8. The lowest BCUT2D eigenvalue weighted by Crippen LogP contribution is -2.49. The monoisotopic (exact) mass is 313 g/mol. The van der Waals surface area contributed by atoms with Crippen LogP contribution in [0.1, 0.15) is 13.3 Å². The smallest absolute Gasteiger partial charge is 0.179 e. The zero-order valence-electron chi connectivity index (χ0n) is 12.6. The summed E-state index contributed by atoms with van der Waals surface area (Å²) < 4.78 is 23.7. The molecule has 1 aliphatic heterocycles. The maximum Gasteiger partial charge on any atom is 0.179 e. The number of sulfone groups is 1. The molecule has 0 amide bonds. The molecule has 1 aliphatic rings. The molecule has 0 bridgehead atoms.